The van der Waals surface area contributed by atoms with E-state index in [1.807, 2.05) is 12.1 Å². The molecule has 1 fully saturated rings. The van der Waals surface area contributed by atoms with Crippen molar-refractivity contribution in [1.29, 1.82) is 0 Å². The number of nitrogens with zero attached hydrogens (tertiary/aromatic N) is 1. The first-order valence-corrected chi connectivity index (χ1v) is 9.60. The molecule has 2 atom stereocenters. The van der Waals surface area contributed by atoms with Crippen molar-refractivity contribution in [3.05, 3.63) is 35.4 Å². The Morgan fingerprint density at radius 1 is 1.27 bits per heavy atom. The highest BCUT2D eigenvalue weighted by Gasteiger charge is 2.33. The topological polar surface area (TPSA) is 66.5 Å². The van der Waals surface area contributed by atoms with Crippen molar-refractivity contribution in [2.24, 2.45) is 0 Å². The highest BCUT2D eigenvalue weighted by Crippen LogP contribution is 2.29. The minimum atomic E-state index is -2.98. The van der Waals surface area contributed by atoms with E-state index in [1.165, 1.54) is 11.1 Å². The highest BCUT2D eigenvalue weighted by atomic mass is 32.2. The number of sulfone groups is 1. The van der Waals surface area contributed by atoms with Crippen LogP contribution >= 0.6 is 0 Å². The predicted molar refractivity (Wildman–Crippen MR) is 85.5 cm³/mol. The number of carbonyl (C=O) groups excluding carboxylic acids is 1. The summed E-state index contributed by atoms with van der Waals surface area (Å²) in [5.41, 5.74) is 2.49. The molecule has 6 heteroatoms. The maximum Gasteiger partial charge on any atom is 0.317 e. The second kappa shape index (κ2) is 5.91. The molecule has 1 aromatic rings. The van der Waals surface area contributed by atoms with E-state index >= 15 is 0 Å². The van der Waals surface area contributed by atoms with Crippen LogP contribution in [0.2, 0.25) is 0 Å². The van der Waals surface area contributed by atoms with Crippen LogP contribution < -0.4 is 5.32 Å². The standard InChI is InChI=1S/C16H22N2O3S/c1-18(13-9-10-22(20,21)11-13)16(19)17-15-8-4-6-12-5-2-3-7-14(12)15/h2-3,5,7,13,15H,4,6,8-11H2,1H3,(H,17,19). The number of carbonyl (C=O) groups is 1. The van der Waals surface area contributed by atoms with E-state index in [1.54, 1.807) is 11.9 Å². The maximum atomic E-state index is 12.4. The van der Waals surface area contributed by atoms with Crippen molar-refractivity contribution in [3.63, 3.8) is 0 Å². The van der Waals surface area contributed by atoms with Crippen LogP contribution in [0.1, 0.15) is 36.4 Å². The highest BCUT2D eigenvalue weighted by molar-refractivity contribution is 7.91. The fraction of sp³-hybridized carbons (Fsp3) is 0.562. The molecule has 2 aliphatic rings. The predicted octanol–water partition coefficient (Wildman–Crippen LogP) is 1.89. The van der Waals surface area contributed by atoms with Crippen LogP contribution in [0.5, 0.6) is 0 Å². The average Bonchev–Trinajstić information content (AvgIpc) is 2.87. The molecule has 0 spiro atoms. The fourth-order valence-corrected chi connectivity index (χ4v) is 5.18. The lowest BCUT2D eigenvalue weighted by atomic mass is 9.88. The number of urea groups is 1. The number of hydrogen-bond acceptors (Lipinski definition) is 3. The molecule has 120 valence electrons. The summed E-state index contributed by atoms with van der Waals surface area (Å²) in [4.78, 5) is 14.0. The van der Waals surface area contributed by atoms with Gasteiger partial charge in [0.25, 0.3) is 0 Å². The molecule has 2 unspecified atom stereocenters. The summed E-state index contributed by atoms with van der Waals surface area (Å²) in [6, 6.07) is 7.85. The Morgan fingerprint density at radius 2 is 2.05 bits per heavy atom. The van der Waals surface area contributed by atoms with Crippen molar-refractivity contribution in [2.45, 2.75) is 37.8 Å². The summed E-state index contributed by atoms with van der Waals surface area (Å²) in [7, 11) is -1.29. The summed E-state index contributed by atoms with van der Waals surface area (Å²) in [6.07, 6.45) is 3.58. The Balaban J connectivity index is 1.68. The quantitative estimate of drug-likeness (QED) is 0.904. The van der Waals surface area contributed by atoms with Gasteiger partial charge in [-0.3, -0.25) is 0 Å². The minimum Gasteiger partial charge on any atom is -0.331 e. The van der Waals surface area contributed by atoms with Gasteiger partial charge in [-0.25, -0.2) is 13.2 Å². The van der Waals surface area contributed by atoms with Gasteiger partial charge in [-0.1, -0.05) is 24.3 Å². The zero-order chi connectivity index (χ0) is 15.7. The van der Waals surface area contributed by atoms with Gasteiger partial charge < -0.3 is 10.2 Å². The lowest BCUT2D eigenvalue weighted by molar-refractivity contribution is 0.189. The van der Waals surface area contributed by atoms with Gasteiger partial charge in [0.15, 0.2) is 9.84 Å². The van der Waals surface area contributed by atoms with Gasteiger partial charge in [-0.15, -0.1) is 0 Å². The minimum absolute atomic E-state index is 0.0258. The number of amides is 2. The van der Waals surface area contributed by atoms with Crippen LogP contribution in [0, 0.1) is 0 Å². The van der Waals surface area contributed by atoms with E-state index in [2.05, 4.69) is 17.4 Å². The average molecular weight is 322 g/mol. The Morgan fingerprint density at radius 3 is 2.77 bits per heavy atom. The number of aryl methyl sites for hydroxylation is 1. The van der Waals surface area contributed by atoms with Gasteiger partial charge in [0.2, 0.25) is 0 Å². The Kier molecular flexibility index (Phi) is 4.12. The first-order valence-electron chi connectivity index (χ1n) is 7.78. The molecular weight excluding hydrogens is 300 g/mol. The third kappa shape index (κ3) is 3.11. The lowest BCUT2D eigenvalue weighted by Crippen LogP contribution is -2.45. The van der Waals surface area contributed by atoms with Gasteiger partial charge in [0.05, 0.1) is 17.5 Å². The number of hydrogen-bond donors (Lipinski definition) is 1. The molecule has 2 amide bonds. The zero-order valence-corrected chi connectivity index (χ0v) is 13.6. The first-order chi connectivity index (χ1) is 10.5. The van der Waals surface area contributed by atoms with Crippen LogP contribution in [0.25, 0.3) is 0 Å². The van der Waals surface area contributed by atoms with E-state index < -0.39 is 9.84 Å². The van der Waals surface area contributed by atoms with E-state index in [4.69, 9.17) is 0 Å². The molecule has 1 heterocycles. The Labute approximate surface area is 131 Å². The summed E-state index contributed by atoms with van der Waals surface area (Å²) in [5, 5.41) is 3.07. The SMILES string of the molecule is CN(C(=O)NC1CCCc2ccccc21)C1CCS(=O)(=O)C1. The lowest BCUT2D eigenvalue weighted by Gasteiger charge is -2.30. The summed E-state index contributed by atoms with van der Waals surface area (Å²) in [5.74, 6) is 0.264. The second-order valence-corrected chi connectivity index (χ2v) is 8.49. The molecule has 1 aliphatic heterocycles. The third-order valence-electron chi connectivity index (χ3n) is 4.74. The molecule has 1 aromatic carbocycles. The molecule has 3 rings (SSSR count). The molecule has 0 saturated carbocycles. The molecule has 0 aromatic heterocycles. The zero-order valence-electron chi connectivity index (χ0n) is 12.8. The smallest absolute Gasteiger partial charge is 0.317 e. The molecule has 1 N–H and O–H groups in total. The number of fused-ring (bicyclic) bond motifs is 1. The van der Waals surface area contributed by atoms with Crippen LogP contribution in [0.4, 0.5) is 4.79 Å². The number of benzene rings is 1. The van der Waals surface area contributed by atoms with Crippen molar-refractivity contribution in [1.82, 2.24) is 10.2 Å². The number of rotatable bonds is 2. The van der Waals surface area contributed by atoms with Gasteiger partial charge in [-0.05, 0) is 36.8 Å². The molecule has 5 nitrogen and oxygen atoms in total. The van der Waals surface area contributed by atoms with Crippen molar-refractivity contribution >= 4 is 15.9 Å². The second-order valence-electron chi connectivity index (χ2n) is 6.26. The largest absolute Gasteiger partial charge is 0.331 e. The fourth-order valence-electron chi connectivity index (χ4n) is 3.40. The first kappa shape index (κ1) is 15.3. The number of nitrogens with one attached hydrogen (secondary N) is 1. The summed E-state index contributed by atoms with van der Waals surface area (Å²) in [6.45, 7) is 0. The Bertz CT molecular complexity index is 672. The monoisotopic (exact) mass is 322 g/mol. The van der Waals surface area contributed by atoms with Crippen molar-refractivity contribution in [2.75, 3.05) is 18.6 Å². The van der Waals surface area contributed by atoms with Gasteiger partial charge in [0, 0.05) is 13.1 Å². The normalized spacial score (nSPS) is 26.2. The summed E-state index contributed by atoms with van der Waals surface area (Å²) < 4.78 is 23.1. The third-order valence-corrected chi connectivity index (χ3v) is 6.49. The van der Waals surface area contributed by atoms with E-state index in [0.29, 0.717) is 6.42 Å². The van der Waals surface area contributed by atoms with E-state index in [-0.39, 0.29) is 29.6 Å². The molecule has 0 radical (unpaired) electrons. The van der Waals surface area contributed by atoms with Gasteiger partial charge in [-0.2, -0.15) is 0 Å². The van der Waals surface area contributed by atoms with Crippen molar-refractivity contribution < 1.29 is 13.2 Å². The van der Waals surface area contributed by atoms with Crippen LogP contribution in [0.3, 0.4) is 0 Å². The molecular formula is C16H22N2O3S. The molecule has 22 heavy (non-hydrogen) atoms. The van der Waals surface area contributed by atoms with Gasteiger partial charge in [0.1, 0.15) is 0 Å². The van der Waals surface area contributed by atoms with Crippen LogP contribution in [-0.2, 0) is 16.3 Å². The maximum absolute atomic E-state index is 12.4. The Hall–Kier alpha value is -1.56. The van der Waals surface area contributed by atoms with E-state index in [9.17, 15) is 13.2 Å². The van der Waals surface area contributed by atoms with Gasteiger partial charge >= 0.3 is 6.03 Å². The molecule has 1 aliphatic carbocycles. The van der Waals surface area contributed by atoms with Crippen LogP contribution in [0.15, 0.2) is 24.3 Å². The molecule has 0 bridgehead atoms. The summed E-state index contributed by atoms with van der Waals surface area (Å²) >= 11 is 0. The molecule has 1 saturated heterocycles. The van der Waals surface area contributed by atoms with E-state index in [0.717, 1.165) is 19.3 Å². The van der Waals surface area contributed by atoms with Crippen LogP contribution in [-0.4, -0.2) is 43.9 Å². The van der Waals surface area contributed by atoms with Crippen molar-refractivity contribution in [3.8, 4) is 0 Å².